The highest BCUT2D eigenvalue weighted by Crippen LogP contribution is 2.23. The third kappa shape index (κ3) is 3.23. The molecule has 1 aromatic rings. The van der Waals surface area contributed by atoms with Crippen LogP contribution in [-0.2, 0) is 16.3 Å². The van der Waals surface area contributed by atoms with Crippen molar-refractivity contribution in [2.45, 2.75) is 18.9 Å². The topological polar surface area (TPSA) is 69.4 Å². The fourth-order valence-corrected chi connectivity index (χ4v) is 4.29. The van der Waals surface area contributed by atoms with Gasteiger partial charge >= 0.3 is 0 Å². The van der Waals surface area contributed by atoms with Crippen LogP contribution >= 0.6 is 0 Å². The molecule has 2 rings (SSSR count). The molecule has 2 N–H and O–H groups in total. The summed E-state index contributed by atoms with van der Waals surface area (Å²) in [5, 5.41) is 0. The van der Waals surface area contributed by atoms with Crippen molar-refractivity contribution >= 4 is 9.84 Å². The van der Waals surface area contributed by atoms with E-state index >= 15 is 0 Å². The molecular weight excluding hydrogens is 250 g/mol. The van der Waals surface area contributed by atoms with Crippen molar-refractivity contribution in [3.05, 3.63) is 29.8 Å². The van der Waals surface area contributed by atoms with Crippen LogP contribution in [0.2, 0.25) is 0 Å². The van der Waals surface area contributed by atoms with Crippen LogP contribution in [0, 0.1) is 5.92 Å². The van der Waals surface area contributed by atoms with Gasteiger partial charge in [-0.25, -0.2) is 8.42 Å². The maximum absolute atomic E-state index is 11.4. The molecule has 1 aromatic carbocycles. The molecule has 18 heavy (non-hydrogen) atoms. The van der Waals surface area contributed by atoms with E-state index in [0.717, 1.165) is 11.3 Å². The number of rotatable bonds is 4. The van der Waals surface area contributed by atoms with Gasteiger partial charge < -0.3 is 10.5 Å². The minimum Gasteiger partial charge on any atom is -0.497 e. The van der Waals surface area contributed by atoms with Gasteiger partial charge in [-0.05, 0) is 36.5 Å². The molecule has 2 unspecified atom stereocenters. The molecule has 100 valence electrons. The molecule has 5 heteroatoms. The lowest BCUT2D eigenvalue weighted by molar-refractivity contribution is 0.413. The van der Waals surface area contributed by atoms with Crippen molar-refractivity contribution in [3.8, 4) is 5.75 Å². The average Bonchev–Trinajstić information content (AvgIpc) is 2.70. The molecule has 0 amide bonds. The van der Waals surface area contributed by atoms with Crippen molar-refractivity contribution in [2.75, 3.05) is 18.6 Å². The largest absolute Gasteiger partial charge is 0.497 e. The number of ether oxygens (including phenoxy) is 1. The molecule has 0 aliphatic carbocycles. The Labute approximate surface area is 108 Å². The summed E-state index contributed by atoms with van der Waals surface area (Å²) in [6, 6.07) is 7.64. The number of nitrogens with two attached hydrogens (primary N) is 1. The van der Waals surface area contributed by atoms with E-state index in [4.69, 9.17) is 10.5 Å². The lowest BCUT2D eigenvalue weighted by atomic mass is 9.94. The Morgan fingerprint density at radius 3 is 2.89 bits per heavy atom. The van der Waals surface area contributed by atoms with E-state index in [1.165, 1.54) is 0 Å². The average molecular weight is 269 g/mol. The van der Waals surface area contributed by atoms with Crippen LogP contribution in [-0.4, -0.2) is 33.1 Å². The number of hydrogen-bond donors (Lipinski definition) is 1. The van der Waals surface area contributed by atoms with E-state index in [-0.39, 0.29) is 23.5 Å². The van der Waals surface area contributed by atoms with Gasteiger partial charge in [0.15, 0.2) is 9.84 Å². The summed E-state index contributed by atoms with van der Waals surface area (Å²) in [7, 11) is -1.22. The van der Waals surface area contributed by atoms with Crippen LogP contribution < -0.4 is 10.5 Å². The molecule has 0 saturated carbocycles. The monoisotopic (exact) mass is 269 g/mol. The maximum Gasteiger partial charge on any atom is 0.150 e. The zero-order valence-electron chi connectivity index (χ0n) is 10.5. The van der Waals surface area contributed by atoms with Crippen molar-refractivity contribution in [3.63, 3.8) is 0 Å². The fourth-order valence-electron chi connectivity index (χ4n) is 2.40. The van der Waals surface area contributed by atoms with Gasteiger partial charge in [0.2, 0.25) is 0 Å². The molecule has 1 aliphatic heterocycles. The molecule has 0 spiro atoms. The zero-order chi connectivity index (χ0) is 13.2. The van der Waals surface area contributed by atoms with Crippen LogP contribution in [0.4, 0.5) is 0 Å². The Bertz CT molecular complexity index is 513. The molecule has 0 radical (unpaired) electrons. The first-order chi connectivity index (χ1) is 8.50. The normalized spacial score (nSPS) is 23.8. The first kappa shape index (κ1) is 13.4. The molecule has 4 nitrogen and oxygen atoms in total. The second-order valence-corrected chi connectivity index (χ2v) is 7.11. The summed E-state index contributed by atoms with van der Waals surface area (Å²) in [5.41, 5.74) is 7.21. The van der Waals surface area contributed by atoms with Gasteiger partial charge in [0.25, 0.3) is 0 Å². The second kappa shape index (κ2) is 5.28. The number of benzene rings is 1. The van der Waals surface area contributed by atoms with Gasteiger partial charge in [-0.1, -0.05) is 12.1 Å². The van der Waals surface area contributed by atoms with Gasteiger partial charge in [-0.15, -0.1) is 0 Å². The van der Waals surface area contributed by atoms with Crippen LogP contribution in [0.25, 0.3) is 0 Å². The van der Waals surface area contributed by atoms with E-state index in [0.29, 0.717) is 12.8 Å². The van der Waals surface area contributed by atoms with E-state index in [1.807, 2.05) is 24.3 Å². The van der Waals surface area contributed by atoms with Gasteiger partial charge in [0, 0.05) is 6.04 Å². The van der Waals surface area contributed by atoms with Crippen molar-refractivity contribution in [1.82, 2.24) is 0 Å². The highest BCUT2D eigenvalue weighted by atomic mass is 32.2. The zero-order valence-corrected chi connectivity index (χ0v) is 11.3. The highest BCUT2D eigenvalue weighted by molar-refractivity contribution is 7.91. The molecule has 0 bridgehead atoms. The van der Waals surface area contributed by atoms with Crippen LogP contribution in [0.15, 0.2) is 24.3 Å². The van der Waals surface area contributed by atoms with Gasteiger partial charge in [0.05, 0.1) is 18.6 Å². The fraction of sp³-hybridized carbons (Fsp3) is 0.538. The summed E-state index contributed by atoms with van der Waals surface area (Å²) in [5.74, 6) is 1.40. The van der Waals surface area contributed by atoms with Gasteiger partial charge in [0.1, 0.15) is 5.75 Å². The molecule has 0 aromatic heterocycles. The summed E-state index contributed by atoms with van der Waals surface area (Å²) >= 11 is 0. The molecule has 1 fully saturated rings. The minimum atomic E-state index is -2.85. The maximum atomic E-state index is 11.4. The van der Waals surface area contributed by atoms with E-state index in [9.17, 15) is 8.42 Å². The third-order valence-corrected chi connectivity index (χ3v) is 5.27. The summed E-state index contributed by atoms with van der Waals surface area (Å²) < 4.78 is 28.0. The molecule has 1 aliphatic rings. The summed E-state index contributed by atoms with van der Waals surface area (Å²) in [6.45, 7) is 0. The van der Waals surface area contributed by atoms with Crippen molar-refractivity contribution in [1.29, 1.82) is 0 Å². The Hall–Kier alpha value is -1.07. The van der Waals surface area contributed by atoms with Crippen molar-refractivity contribution in [2.24, 2.45) is 11.7 Å². The second-order valence-electron chi connectivity index (χ2n) is 4.88. The van der Waals surface area contributed by atoms with E-state index in [1.54, 1.807) is 7.11 Å². The predicted molar refractivity (Wildman–Crippen MR) is 71.4 cm³/mol. The first-order valence-electron chi connectivity index (χ1n) is 6.09. The van der Waals surface area contributed by atoms with Crippen LogP contribution in [0.1, 0.15) is 12.0 Å². The Morgan fingerprint density at radius 1 is 1.50 bits per heavy atom. The Balaban J connectivity index is 2.01. The van der Waals surface area contributed by atoms with E-state index < -0.39 is 9.84 Å². The number of hydrogen-bond acceptors (Lipinski definition) is 4. The quantitative estimate of drug-likeness (QED) is 0.885. The van der Waals surface area contributed by atoms with Crippen LogP contribution in [0.5, 0.6) is 5.75 Å². The van der Waals surface area contributed by atoms with Crippen LogP contribution in [0.3, 0.4) is 0 Å². The van der Waals surface area contributed by atoms with Gasteiger partial charge in [-0.3, -0.25) is 0 Å². The van der Waals surface area contributed by atoms with Crippen molar-refractivity contribution < 1.29 is 13.2 Å². The molecule has 1 heterocycles. The molecule has 1 saturated heterocycles. The molecular formula is C13H19NO3S. The summed E-state index contributed by atoms with van der Waals surface area (Å²) in [4.78, 5) is 0. The Kier molecular flexibility index (Phi) is 3.92. The standard InChI is InChI=1S/C13H19NO3S/c1-17-12-4-2-3-10(7-12)8-13(14)11-5-6-18(15,16)9-11/h2-4,7,11,13H,5-6,8-9,14H2,1H3. The third-order valence-electron chi connectivity index (χ3n) is 3.48. The SMILES string of the molecule is COc1cccc(CC(N)C2CCS(=O)(=O)C2)c1. The lowest BCUT2D eigenvalue weighted by Crippen LogP contribution is -2.33. The number of methoxy groups -OCH3 is 1. The number of sulfone groups is 1. The summed E-state index contributed by atoms with van der Waals surface area (Å²) in [6.07, 6.45) is 1.38. The smallest absolute Gasteiger partial charge is 0.150 e. The molecule has 2 atom stereocenters. The first-order valence-corrected chi connectivity index (χ1v) is 7.91. The highest BCUT2D eigenvalue weighted by Gasteiger charge is 2.31. The Morgan fingerprint density at radius 2 is 2.28 bits per heavy atom. The van der Waals surface area contributed by atoms with Gasteiger partial charge in [-0.2, -0.15) is 0 Å². The predicted octanol–water partition coefficient (Wildman–Crippen LogP) is 1.000. The van der Waals surface area contributed by atoms with E-state index in [2.05, 4.69) is 0 Å². The lowest BCUT2D eigenvalue weighted by Gasteiger charge is -2.18. The minimum absolute atomic E-state index is 0.0844.